The summed E-state index contributed by atoms with van der Waals surface area (Å²) in [5.41, 5.74) is 0. The average molecular weight is 259 g/mol. The van der Waals surface area contributed by atoms with E-state index >= 15 is 0 Å². The predicted molar refractivity (Wildman–Crippen MR) is 73.7 cm³/mol. The molecule has 2 unspecified atom stereocenters. The van der Waals surface area contributed by atoms with Crippen LogP contribution in [0.1, 0.15) is 51.4 Å². The van der Waals surface area contributed by atoms with Crippen molar-refractivity contribution in [2.45, 2.75) is 62.7 Å². The second-order valence-corrected chi connectivity index (χ2v) is 5.90. The Bertz CT molecular complexity index is 223. The van der Waals surface area contributed by atoms with Crippen molar-refractivity contribution in [2.24, 2.45) is 0 Å². The van der Waals surface area contributed by atoms with E-state index in [0.29, 0.717) is 12.5 Å². The number of carboxylic acid groups (broad SMARTS) is 1. The van der Waals surface area contributed by atoms with E-state index in [9.17, 15) is 4.79 Å². The Morgan fingerprint density at radius 1 is 1.29 bits per heavy atom. The van der Waals surface area contributed by atoms with Gasteiger partial charge in [-0.1, -0.05) is 19.3 Å². The molecule has 2 atom stereocenters. The van der Waals surface area contributed by atoms with E-state index < -0.39 is 5.97 Å². The van der Waals surface area contributed by atoms with Crippen LogP contribution in [-0.4, -0.2) is 35.2 Å². The van der Waals surface area contributed by atoms with E-state index in [1.165, 1.54) is 25.7 Å². The van der Waals surface area contributed by atoms with Gasteiger partial charge in [0.25, 0.3) is 0 Å². The smallest absolute Gasteiger partial charge is 0.303 e. The van der Waals surface area contributed by atoms with Crippen molar-refractivity contribution >= 4 is 17.7 Å². The molecule has 0 spiro atoms. The van der Waals surface area contributed by atoms with Crippen LogP contribution in [0.2, 0.25) is 0 Å². The molecule has 0 amide bonds. The van der Waals surface area contributed by atoms with Gasteiger partial charge in [-0.3, -0.25) is 4.79 Å². The van der Waals surface area contributed by atoms with Gasteiger partial charge in [0.15, 0.2) is 0 Å². The molecule has 1 rings (SSSR count). The number of unbranched alkanes of at least 4 members (excludes halogenated alkanes) is 2. The highest BCUT2D eigenvalue weighted by molar-refractivity contribution is 7.99. The largest absolute Gasteiger partial charge is 0.481 e. The number of thioether (sulfide) groups is 1. The first-order valence-electron chi connectivity index (χ1n) is 6.72. The summed E-state index contributed by atoms with van der Waals surface area (Å²) in [6, 6.07) is 0.679. The lowest BCUT2D eigenvalue weighted by atomic mass is 9.95. The normalized spacial score (nSPS) is 24.8. The van der Waals surface area contributed by atoms with Crippen LogP contribution in [0.5, 0.6) is 0 Å². The molecule has 0 aromatic rings. The third-order valence-corrected chi connectivity index (χ3v) is 4.65. The Labute approximate surface area is 109 Å². The molecule has 1 fully saturated rings. The summed E-state index contributed by atoms with van der Waals surface area (Å²) in [7, 11) is 0. The van der Waals surface area contributed by atoms with Gasteiger partial charge in [0.2, 0.25) is 0 Å². The summed E-state index contributed by atoms with van der Waals surface area (Å²) in [6.45, 7) is 1.04. The third-order valence-electron chi connectivity index (χ3n) is 3.48. The number of nitrogens with one attached hydrogen (secondary N) is 1. The maximum Gasteiger partial charge on any atom is 0.303 e. The molecule has 3 nitrogen and oxygen atoms in total. The molecule has 1 saturated carbocycles. The summed E-state index contributed by atoms with van der Waals surface area (Å²) >= 11 is 1.99. The molecule has 0 bridgehead atoms. The zero-order valence-electron chi connectivity index (χ0n) is 10.8. The predicted octanol–water partition coefficient (Wildman–Crippen LogP) is 2.90. The van der Waals surface area contributed by atoms with Gasteiger partial charge in [-0.15, -0.1) is 0 Å². The van der Waals surface area contributed by atoms with Crippen LogP contribution in [0.15, 0.2) is 0 Å². The lowest BCUT2D eigenvalue weighted by Crippen LogP contribution is -2.40. The van der Waals surface area contributed by atoms with Crippen molar-refractivity contribution in [1.29, 1.82) is 0 Å². The van der Waals surface area contributed by atoms with Gasteiger partial charge in [0.05, 0.1) is 0 Å². The first-order chi connectivity index (χ1) is 8.24. The van der Waals surface area contributed by atoms with E-state index in [0.717, 1.165) is 31.1 Å². The monoisotopic (exact) mass is 259 g/mol. The number of hydrogen-bond donors (Lipinski definition) is 2. The summed E-state index contributed by atoms with van der Waals surface area (Å²) < 4.78 is 0. The van der Waals surface area contributed by atoms with E-state index in [1.807, 2.05) is 11.8 Å². The van der Waals surface area contributed by atoms with E-state index in [1.54, 1.807) is 0 Å². The third kappa shape index (κ3) is 6.32. The molecule has 0 aromatic carbocycles. The van der Waals surface area contributed by atoms with Crippen LogP contribution in [-0.2, 0) is 4.79 Å². The highest BCUT2D eigenvalue weighted by atomic mass is 32.2. The lowest BCUT2D eigenvalue weighted by Gasteiger charge is -2.31. The topological polar surface area (TPSA) is 49.3 Å². The number of carbonyl (C=O) groups is 1. The molecule has 0 aromatic heterocycles. The summed E-state index contributed by atoms with van der Waals surface area (Å²) in [5.74, 6) is -0.673. The number of carboxylic acids is 1. The van der Waals surface area contributed by atoms with E-state index in [-0.39, 0.29) is 0 Å². The zero-order chi connectivity index (χ0) is 12.5. The van der Waals surface area contributed by atoms with E-state index in [2.05, 4.69) is 11.6 Å². The van der Waals surface area contributed by atoms with Crippen molar-refractivity contribution < 1.29 is 9.90 Å². The summed E-state index contributed by atoms with van der Waals surface area (Å²) in [6.07, 6.45) is 10.8. The van der Waals surface area contributed by atoms with Gasteiger partial charge in [-0.2, -0.15) is 11.8 Å². The Balaban J connectivity index is 2.02. The minimum Gasteiger partial charge on any atom is -0.481 e. The fourth-order valence-electron chi connectivity index (χ4n) is 2.48. The van der Waals surface area contributed by atoms with Crippen LogP contribution >= 0.6 is 11.8 Å². The zero-order valence-corrected chi connectivity index (χ0v) is 11.6. The van der Waals surface area contributed by atoms with Crippen molar-refractivity contribution in [3.63, 3.8) is 0 Å². The van der Waals surface area contributed by atoms with Crippen LogP contribution in [0, 0.1) is 0 Å². The van der Waals surface area contributed by atoms with Crippen LogP contribution < -0.4 is 5.32 Å². The first kappa shape index (κ1) is 14.8. The number of rotatable bonds is 8. The molecule has 17 heavy (non-hydrogen) atoms. The van der Waals surface area contributed by atoms with Gasteiger partial charge in [0.1, 0.15) is 0 Å². The minimum absolute atomic E-state index is 0.316. The molecule has 100 valence electrons. The summed E-state index contributed by atoms with van der Waals surface area (Å²) in [4.78, 5) is 10.3. The molecule has 0 saturated heterocycles. The quantitative estimate of drug-likeness (QED) is 0.658. The van der Waals surface area contributed by atoms with Crippen LogP contribution in [0.4, 0.5) is 0 Å². The van der Waals surface area contributed by atoms with Gasteiger partial charge >= 0.3 is 5.97 Å². The molecule has 4 heteroatoms. The van der Waals surface area contributed by atoms with Crippen molar-refractivity contribution in [3.8, 4) is 0 Å². The van der Waals surface area contributed by atoms with Gasteiger partial charge in [-0.05, 0) is 38.5 Å². The fraction of sp³-hybridized carbons (Fsp3) is 0.923. The summed E-state index contributed by atoms with van der Waals surface area (Å²) in [5, 5.41) is 12.9. The van der Waals surface area contributed by atoms with Crippen LogP contribution in [0.25, 0.3) is 0 Å². The van der Waals surface area contributed by atoms with Gasteiger partial charge in [0, 0.05) is 17.7 Å². The van der Waals surface area contributed by atoms with Gasteiger partial charge in [-0.25, -0.2) is 0 Å². The Kier molecular flexibility index (Phi) is 7.69. The molecule has 2 N–H and O–H groups in total. The van der Waals surface area contributed by atoms with Crippen molar-refractivity contribution in [3.05, 3.63) is 0 Å². The van der Waals surface area contributed by atoms with Crippen molar-refractivity contribution in [2.75, 3.05) is 12.8 Å². The molecule has 1 aliphatic rings. The molecular formula is C13H25NO2S. The standard InChI is InChI=1S/C13H25NO2S/c1-17-12-8-5-4-7-11(12)14-10-6-2-3-9-13(15)16/h11-12,14H,2-10H2,1H3,(H,15,16). The molecule has 0 radical (unpaired) electrons. The van der Waals surface area contributed by atoms with Crippen LogP contribution in [0.3, 0.4) is 0 Å². The van der Waals surface area contributed by atoms with Gasteiger partial charge < -0.3 is 10.4 Å². The molecule has 0 heterocycles. The number of aliphatic carboxylic acids is 1. The average Bonchev–Trinajstić information content (AvgIpc) is 2.33. The number of hydrogen-bond acceptors (Lipinski definition) is 3. The minimum atomic E-state index is -0.673. The fourth-order valence-corrected chi connectivity index (χ4v) is 3.44. The molecule has 1 aliphatic carbocycles. The molecular weight excluding hydrogens is 234 g/mol. The maximum atomic E-state index is 10.3. The Hall–Kier alpha value is -0.220. The lowest BCUT2D eigenvalue weighted by molar-refractivity contribution is -0.137. The SMILES string of the molecule is CSC1CCCCC1NCCCCCC(=O)O. The maximum absolute atomic E-state index is 10.3. The Morgan fingerprint density at radius 2 is 2.06 bits per heavy atom. The Morgan fingerprint density at radius 3 is 2.76 bits per heavy atom. The molecule has 0 aliphatic heterocycles. The highest BCUT2D eigenvalue weighted by Gasteiger charge is 2.23. The highest BCUT2D eigenvalue weighted by Crippen LogP contribution is 2.27. The second kappa shape index (κ2) is 8.81. The second-order valence-electron chi connectivity index (χ2n) is 4.82. The van der Waals surface area contributed by atoms with Crippen molar-refractivity contribution in [1.82, 2.24) is 5.32 Å². The van der Waals surface area contributed by atoms with E-state index in [4.69, 9.17) is 5.11 Å². The first-order valence-corrected chi connectivity index (χ1v) is 8.01.